The smallest absolute Gasteiger partial charge is 0.406 e. The van der Waals surface area contributed by atoms with E-state index < -0.39 is 12.4 Å². The van der Waals surface area contributed by atoms with Crippen LogP contribution in [0.25, 0.3) is 10.9 Å². The lowest BCUT2D eigenvalue weighted by Gasteiger charge is -2.39. The Morgan fingerprint density at radius 1 is 1.15 bits per heavy atom. The van der Waals surface area contributed by atoms with Crippen LogP contribution in [0.4, 0.5) is 19.0 Å². The lowest BCUT2D eigenvalue weighted by atomic mass is 9.99. The molecule has 0 aliphatic carbocycles. The standard InChI is InChI=1S/C24H22F3N3O4/c1-13-9-30(21(12-33-13)14-2-5-16(6-3-14)34-24(25,26)27)23(31)15-4-7-20-17(8-15)18-10-32-11-19(18)22(28)29-20/h2-8,13,21H,9-12H2,1H3,(H2,28,29)/t13-,21-/m1/s1. The Morgan fingerprint density at radius 2 is 1.88 bits per heavy atom. The van der Waals surface area contributed by atoms with E-state index in [1.165, 1.54) is 24.3 Å². The van der Waals surface area contributed by atoms with Gasteiger partial charge in [0.25, 0.3) is 5.91 Å². The normalized spacial score (nSPS) is 20.4. The van der Waals surface area contributed by atoms with E-state index in [1.54, 1.807) is 23.1 Å². The number of morpholine rings is 1. The third-order valence-corrected chi connectivity index (χ3v) is 6.10. The molecule has 1 saturated heterocycles. The SMILES string of the molecule is C[C@@H]1CN(C(=O)c2ccc3nc(N)c4c(c3c2)COC4)[C@@H](c2ccc(OC(F)(F)F)cc2)CO1. The summed E-state index contributed by atoms with van der Waals surface area (Å²) >= 11 is 0. The van der Waals surface area contributed by atoms with E-state index in [0.29, 0.717) is 42.2 Å². The summed E-state index contributed by atoms with van der Waals surface area (Å²) in [6.07, 6.45) is -4.96. The number of benzene rings is 2. The zero-order valence-corrected chi connectivity index (χ0v) is 18.3. The third kappa shape index (κ3) is 4.26. The number of amides is 1. The molecule has 5 rings (SSSR count). The lowest BCUT2D eigenvalue weighted by Crippen LogP contribution is -2.46. The number of hydrogen-bond donors (Lipinski definition) is 1. The predicted molar refractivity (Wildman–Crippen MR) is 117 cm³/mol. The maximum absolute atomic E-state index is 13.6. The van der Waals surface area contributed by atoms with Gasteiger partial charge in [0, 0.05) is 23.1 Å². The van der Waals surface area contributed by atoms with Crippen molar-refractivity contribution < 1.29 is 32.2 Å². The summed E-state index contributed by atoms with van der Waals surface area (Å²) in [6.45, 7) is 3.22. The van der Waals surface area contributed by atoms with Crippen molar-refractivity contribution >= 4 is 22.6 Å². The quantitative estimate of drug-likeness (QED) is 0.609. The van der Waals surface area contributed by atoms with Crippen molar-refractivity contribution in [3.8, 4) is 5.75 Å². The molecule has 1 aromatic heterocycles. The molecule has 2 aliphatic heterocycles. The van der Waals surface area contributed by atoms with Gasteiger partial charge < -0.3 is 24.8 Å². The van der Waals surface area contributed by atoms with Gasteiger partial charge in [-0.05, 0) is 48.4 Å². The number of aromatic nitrogens is 1. The number of carbonyl (C=O) groups is 1. The van der Waals surface area contributed by atoms with Crippen LogP contribution in [0.2, 0.25) is 0 Å². The Bertz CT molecular complexity index is 1250. The highest BCUT2D eigenvalue weighted by Gasteiger charge is 2.34. The first-order valence-electron chi connectivity index (χ1n) is 10.8. The molecule has 178 valence electrons. The summed E-state index contributed by atoms with van der Waals surface area (Å²) in [4.78, 5) is 19.7. The minimum absolute atomic E-state index is 0.187. The van der Waals surface area contributed by atoms with Crippen LogP contribution in [-0.4, -0.2) is 41.4 Å². The van der Waals surface area contributed by atoms with Crippen LogP contribution < -0.4 is 10.5 Å². The molecule has 0 spiro atoms. The topological polar surface area (TPSA) is 86.9 Å². The number of alkyl halides is 3. The van der Waals surface area contributed by atoms with E-state index in [1.807, 2.05) is 6.92 Å². The van der Waals surface area contributed by atoms with Gasteiger partial charge in [-0.25, -0.2) is 4.98 Å². The second kappa shape index (κ2) is 8.44. The van der Waals surface area contributed by atoms with Gasteiger partial charge in [-0.15, -0.1) is 13.2 Å². The van der Waals surface area contributed by atoms with Gasteiger partial charge >= 0.3 is 6.36 Å². The number of fused-ring (bicyclic) bond motifs is 3. The molecular weight excluding hydrogens is 451 g/mol. The fourth-order valence-electron chi connectivity index (χ4n) is 4.46. The summed E-state index contributed by atoms with van der Waals surface area (Å²) in [5.41, 5.74) is 9.64. The zero-order valence-electron chi connectivity index (χ0n) is 18.3. The molecule has 0 radical (unpaired) electrons. The van der Waals surface area contributed by atoms with E-state index in [4.69, 9.17) is 15.2 Å². The van der Waals surface area contributed by atoms with E-state index in [2.05, 4.69) is 9.72 Å². The molecule has 0 unspecified atom stereocenters. The minimum atomic E-state index is -4.77. The predicted octanol–water partition coefficient (Wildman–Crippen LogP) is 4.35. The molecule has 2 N–H and O–H groups in total. The first-order chi connectivity index (χ1) is 16.2. The fourth-order valence-corrected chi connectivity index (χ4v) is 4.46. The van der Waals surface area contributed by atoms with Crippen molar-refractivity contribution in [1.29, 1.82) is 0 Å². The van der Waals surface area contributed by atoms with Crippen molar-refractivity contribution in [2.45, 2.75) is 38.6 Å². The molecule has 2 aromatic carbocycles. The zero-order chi connectivity index (χ0) is 24.0. The number of nitrogens with zero attached hydrogens (tertiary/aromatic N) is 2. The molecular formula is C24H22F3N3O4. The van der Waals surface area contributed by atoms with Crippen LogP contribution in [0, 0.1) is 0 Å². The van der Waals surface area contributed by atoms with Crippen LogP contribution in [0.1, 0.15) is 40.0 Å². The van der Waals surface area contributed by atoms with Crippen LogP contribution in [0.3, 0.4) is 0 Å². The van der Waals surface area contributed by atoms with Crippen molar-refractivity contribution in [2.75, 3.05) is 18.9 Å². The van der Waals surface area contributed by atoms with Crippen molar-refractivity contribution in [1.82, 2.24) is 9.88 Å². The van der Waals surface area contributed by atoms with E-state index >= 15 is 0 Å². The molecule has 10 heteroatoms. The minimum Gasteiger partial charge on any atom is -0.406 e. The van der Waals surface area contributed by atoms with Crippen molar-refractivity contribution in [3.63, 3.8) is 0 Å². The Morgan fingerprint density at radius 3 is 2.62 bits per heavy atom. The number of rotatable bonds is 3. The van der Waals surface area contributed by atoms with E-state index in [9.17, 15) is 18.0 Å². The highest BCUT2D eigenvalue weighted by Crippen LogP contribution is 2.34. The summed E-state index contributed by atoms with van der Waals surface area (Å²) in [6, 6.07) is 10.3. The number of halogens is 3. The second-order valence-electron chi connectivity index (χ2n) is 8.41. The van der Waals surface area contributed by atoms with Gasteiger partial charge in [-0.2, -0.15) is 0 Å². The number of nitrogen functional groups attached to an aromatic ring is 1. The van der Waals surface area contributed by atoms with Gasteiger partial charge in [-0.3, -0.25) is 4.79 Å². The average molecular weight is 473 g/mol. The molecule has 1 amide bonds. The Kier molecular flexibility index (Phi) is 5.57. The van der Waals surface area contributed by atoms with E-state index in [-0.39, 0.29) is 24.4 Å². The maximum Gasteiger partial charge on any atom is 0.573 e. The van der Waals surface area contributed by atoms with Gasteiger partial charge in [0.05, 0.1) is 37.5 Å². The van der Waals surface area contributed by atoms with Crippen molar-refractivity contribution in [3.05, 3.63) is 64.7 Å². The maximum atomic E-state index is 13.6. The molecule has 0 saturated carbocycles. The molecule has 1 fully saturated rings. The molecule has 34 heavy (non-hydrogen) atoms. The van der Waals surface area contributed by atoms with E-state index in [0.717, 1.165) is 16.5 Å². The average Bonchev–Trinajstić information content (AvgIpc) is 3.29. The number of pyridine rings is 1. The highest BCUT2D eigenvalue weighted by atomic mass is 19.4. The molecule has 3 heterocycles. The Balaban J connectivity index is 1.46. The number of anilines is 1. The molecule has 2 aliphatic rings. The Labute approximate surface area is 193 Å². The number of ether oxygens (including phenoxy) is 3. The largest absolute Gasteiger partial charge is 0.573 e. The molecule has 7 nitrogen and oxygen atoms in total. The number of hydrogen-bond acceptors (Lipinski definition) is 6. The lowest BCUT2D eigenvalue weighted by molar-refractivity contribution is -0.274. The summed E-state index contributed by atoms with van der Waals surface area (Å²) < 4.78 is 52.8. The van der Waals surface area contributed by atoms with Crippen molar-refractivity contribution in [2.24, 2.45) is 0 Å². The van der Waals surface area contributed by atoms with Crippen LogP contribution >= 0.6 is 0 Å². The Hall–Kier alpha value is -3.37. The van der Waals surface area contributed by atoms with Gasteiger partial charge in [-0.1, -0.05) is 12.1 Å². The van der Waals surface area contributed by atoms with Crippen LogP contribution in [-0.2, 0) is 22.7 Å². The molecule has 2 atom stereocenters. The monoisotopic (exact) mass is 473 g/mol. The second-order valence-corrected chi connectivity index (χ2v) is 8.41. The molecule has 0 bridgehead atoms. The van der Waals surface area contributed by atoms with Gasteiger partial charge in [0.1, 0.15) is 11.6 Å². The van der Waals surface area contributed by atoms with Gasteiger partial charge in [0.2, 0.25) is 0 Å². The first kappa shape index (κ1) is 22.4. The molecule has 3 aromatic rings. The summed E-state index contributed by atoms with van der Waals surface area (Å²) in [5, 5.41) is 0.819. The summed E-state index contributed by atoms with van der Waals surface area (Å²) in [5.74, 6) is -0.0992. The van der Waals surface area contributed by atoms with Gasteiger partial charge in [0.15, 0.2) is 0 Å². The fraction of sp³-hybridized carbons (Fsp3) is 0.333. The number of carbonyl (C=O) groups excluding carboxylic acids is 1. The first-order valence-corrected chi connectivity index (χ1v) is 10.8. The highest BCUT2D eigenvalue weighted by molar-refractivity contribution is 5.99. The summed E-state index contributed by atoms with van der Waals surface area (Å²) in [7, 11) is 0. The third-order valence-electron chi connectivity index (χ3n) is 6.10. The number of nitrogens with two attached hydrogens (primary N) is 1. The van der Waals surface area contributed by atoms with Crippen LogP contribution in [0.15, 0.2) is 42.5 Å². The van der Waals surface area contributed by atoms with Crippen LogP contribution in [0.5, 0.6) is 5.75 Å².